The third kappa shape index (κ3) is 2.58. The van der Waals surface area contributed by atoms with Crippen molar-refractivity contribution in [2.24, 2.45) is 11.8 Å². The number of hydrogen-bond donors (Lipinski definition) is 1. The van der Waals surface area contributed by atoms with E-state index in [-0.39, 0.29) is 0 Å². The number of ether oxygens (including phenoxy) is 2. The predicted octanol–water partition coefficient (Wildman–Crippen LogP) is 2.10. The number of methoxy groups -OCH3 is 1. The quantitative estimate of drug-likeness (QED) is 0.557. The second kappa shape index (κ2) is 5.69. The minimum Gasteiger partial charge on any atom is -0.505 e. The molecule has 4 atom stereocenters. The van der Waals surface area contributed by atoms with E-state index >= 15 is 0 Å². The molecule has 0 aromatic rings. The zero-order chi connectivity index (χ0) is 11.4. The summed E-state index contributed by atoms with van der Waals surface area (Å²) < 4.78 is 10.7. The first-order chi connectivity index (χ1) is 7.85. The van der Waals surface area contributed by atoms with Gasteiger partial charge in [-0.05, 0) is 44.1 Å². The fraction of sp³-hybridized carbons (Fsp3) is 0.846. The summed E-state index contributed by atoms with van der Waals surface area (Å²) in [5.74, 6) is 1.14. The van der Waals surface area contributed by atoms with Gasteiger partial charge in [-0.25, -0.2) is 0 Å². The molecule has 3 heteroatoms. The van der Waals surface area contributed by atoms with Crippen LogP contribution in [0.2, 0.25) is 0 Å². The lowest BCUT2D eigenvalue weighted by molar-refractivity contribution is 0.0743. The minimum atomic E-state index is 0.296. The van der Waals surface area contributed by atoms with Crippen molar-refractivity contribution in [2.75, 3.05) is 13.7 Å². The molecule has 0 amide bonds. The van der Waals surface area contributed by atoms with E-state index in [0.29, 0.717) is 24.7 Å². The van der Waals surface area contributed by atoms with Gasteiger partial charge in [0.2, 0.25) is 0 Å². The standard InChI is InChI=1S/C13H22O3/c1-15-6-4-2-3-5-10-7-13-11(9-14)8-12(10)16-13/h4,6,10-14H,2-3,5,7-9H2,1H3. The van der Waals surface area contributed by atoms with Crippen molar-refractivity contribution in [3.8, 4) is 0 Å². The minimum absolute atomic E-state index is 0.296. The highest BCUT2D eigenvalue weighted by Crippen LogP contribution is 2.44. The maximum Gasteiger partial charge on any atom is 0.0784 e. The maximum absolute atomic E-state index is 9.14. The van der Waals surface area contributed by atoms with Crippen LogP contribution in [0.1, 0.15) is 32.1 Å². The first-order valence-electron chi connectivity index (χ1n) is 6.29. The molecule has 2 rings (SSSR count). The van der Waals surface area contributed by atoms with Gasteiger partial charge < -0.3 is 14.6 Å². The Morgan fingerprint density at radius 1 is 1.31 bits per heavy atom. The molecule has 2 heterocycles. The molecule has 16 heavy (non-hydrogen) atoms. The molecule has 0 aromatic carbocycles. The molecular weight excluding hydrogens is 204 g/mol. The van der Waals surface area contributed by atoms with Crippen molar-refractivity contribution in [2.45, 2.75) is 44.3 Å². The van der Waals surface area contributed by atoms with Crippen LogP contribution < -0.4 is 0 Å². The normalized spacial score (nSPS) is 37.4. The van der Waals surface area contributed by atoms with Gasteiger partial charge in [-0.3, -0.25) is 0 Å². The molecule has 2 fully saturated rings. The molecule has 92 valence electrons. The van der Waals surface area contributed by atoms with E-state index in [1.54, 1.807) is 13.4 Å². The van der Waals surface area contributed by atoms with Gasteiger partial charge >= 0.3 is 0 Å². The molecule has 0 spiro atoms. The third-order valence-electron chi connectivity index (χ3n) is 3.88. The van der Waals surface area contributed by atoms with Crippen molar-refractivity contribution < 1.29 is 14.6 Å². The van der Waals surface area contributed by atoms with E-state index in [1.807, 2.05) is 0 Å². The van der Waals surface area contributed by atoms with Crippen molar-refractivity contribution >= 4 is 0 Å². The van der Waals surface area contributed by atoms with Gasteiger partial charge in [0.1, 0.15) is 0 Å². The second-order valence-corrected chi connectivity index (χ2v) is 4.93. The average Bonchev–Trinajstić information content (AvgIpc) is 2.87. The van der Waals surface area contributed by atoms with Gasteiger partial charge in [-0.2, -0.15) is 0 Å². The molecular formula is C13H22O3. The fourth-order valence-corrected chi connectivity index (χ4v) is 3.00. The fourth-order valence-electron chi connectivity index (χ4n) is 3.00. The van der Waals surface area contributed by atoms with Crippen LogP contribution in [0.15, 0.2) is 12.3 Å². The van der Waals surface area contributed by atoms with Gasteiger partial charge in [-0.15, -0.1) is 0 Å². The lowest BCUT2D eigenvalue weighted by Crippen LogP contribution is -2.25. The summed E-state index contributed by atoms with van der Waals surface area (Å²) in [5, 5.41) is 9.14. The molecule has 4 unspecified atom stereocenters. The smallest absolute Gasteiger partial charge is 0.0784 e. The van der Waals surface area contributed by atoms with Crippen molar-refractivity contribution in [3.05, 3.63) is 12.3 Å². The van der Waals surface area contributed by atoms with Crippen LogP contribution in [0, 0.1) is 11.8 Å². The number of unbranched alkanes of at least 4 members (excludes halogenated alkanes) is 1. The summed E-state index contributed by atoms with van der Waals surface area (Å²) in [7, 11) is 1.68. The average molecular weight is 226 g/mol. The molecule has 3 nitrogen and oxygen atoms in total. The lowest BCUT2D eigenvalue weighted by atomic mass is 9.80. The van der Waals surface area contributed by atoms with E-state index in [4.69, 9.17) is 14.6 Å². The van der Waals surface area contributed by atoms with Crippen molar-refractivity contribution in [1.29, 1.82) is 0 Å². The third-order valence-corrected chi connectivity index (χ3v) is 3.88. The SMILES string of the molecule is COC=CCCCC1CC2OC1CC2CO. The number of fused-ring (bicyclic) bond motifs is 2. The van der Waals surface area contributed by atoms with Gasteiger partial charge in [-0.1, -0.05) is 0 Å². The van der Waals surface area contributed by atoms with E-state index in [9.17, 15) is 0 Å². The van der Waals surface area contributed by atoms with Crippen LogP contribution >= 0.6 is 0 Å². The van der Waals surface area contributed by atoms with Crippen LogP contribution in [-0.2, 0) is 9.47 Å². The zero-order valence-electron chi connectivity index (χ0n) is 9.97. The Labute approximate surface area is 97.4 Å². The Hall–Kier alpha value is -0.540. The Morgan fingerprint density at radius 3 is 2.69 bits per heavy atom. The largest absolute Gasteiger partial charge is 0.505 e. The molecule has 0 aromatic heterocycles. The number of aliphatic hydroxyl groups excluding tert-OH is 1. The van der Waals surface area contributed by atoms with E-state index in [2.05, 4.69) is 6.08 Å². The van der Waals surface area contributed by atoms with Gasteiger partial charge in [0.05, 0.1) is 25.6 Å². The van der Waals surface area contributed by atoms with Crippen LogP contribution in [0.4, 0.5) is 0 Å². The summed E-state index contributed by atoms with van der Waals surface area (Å²) in [4.78, 5) is 0. The molecule has 1 N–H and O–H groups in total. The second-order valence-electron chi connectivity index (χ2n) is 4.93. The molecule has 0 radical (unpaired) electrons. The lowest BCUT2D eigenvalue weighted by Gasteiger charge is -2.22. The summed E-state index contributed by atoms with van der Waals surface area (Å²) >= 11 is 0. The maximum atomic E-state index is 9.14. The predicted molar refractivity (Wildman–Crippen MR) is 62.0 cm³/mol. The van der Waals surface area contributed by atoms with Gasteiger partial charge in [0, 0.05) is 12.5 Å². The van der Waals surface area contributed by atoms with Crippen molar-refractivity contribution in [1.82, 2.24) is 0 Å². The van der Waals surface area contributed by atoms with E-state index in [1.165, 1.54) is 12.8 Å². The van der Waals surface area contributed by atoms with Crippen LogP contribution in [0.5, 0.6) is 0 Å². The topological polar surface area (TPSA) is 38.7 Å². The number of rotatable bonds is 6. The highest BCUT2D eigenvalue weighted by molar-refractivity contribution is 4.94. The van der Waals surface area contributed by atoms with E-state index < -0.39 is 0 Å². The van der Waals surface area contributed by atoms with Gasteiger partial charge in [0.15, 0.2) is 0 Å². The summed E-state index contributed by atoms with van der Waals surface area (Å²) in [6, 6.07) is 0. The van der Waals surface area contributed by atoms with E-state index in [0.717, 1.165) is 25.2 Å². The highest BCUT2D eigenvalue weighted by Gasteiger charge is 2.46. The first-order valence-corrected chi connectivity index (χ1v) is 6.29. The van der Waals surface area contributed by atoms with Gasteiger partial charge in [0.25, 0.3) is 0 Å². The summed E-state index contributed by atoms with van der Waals surface area (Å²) in [5.41, 5.74) is 0. The molecule has 2 aliphatic rings. The molecule has 0 aliphatic carbocycles. The number of allylic oxidation sites excluding steroid dienone is 1. The van der Waals surface area contributed by atoms with Crippen LogP contribution in [-0.4, -0.2) is 31.0 Å². The summed E-state index contributed by atoms with van der Waals surface area (Å²) in [6.07, 6.45) is 10.4. The molecule has 2 aliphatic heterocycles. The monoisotopic (exact) mass is 226 g/mol. The molecule has 0 saturated carbocycles. The number of aliphatic hydroxyl groups is 1. The van der Waals surface area contributed by atoms with Crippen LogP contribution in [0.25, 0.3) is 0 Å². The Kier molecular flexibility index (Phi) is 4.24. The Morgan fingerprint density at radius 2 is 2.06 bits per heavy atom. The zero-order valence-corrected chi connectivity index (χ0v) is 9.97. The molecule has 2 saturated heterocycles. The first kappa shape index (κ1) is 11.9. The summed E-state index contributed by atoms with van der Waals surface area (Å²) in [6.45, 7) is 0.296. The highest BCUT2D eigenvalue weighted by atomic mass is 16.5. The molecule has 2 bridgehead atoms. The Balaban J connectivity index is 1.65. The Bertz CT molecular complexity index is 239. The van der Waals surface area contributed by atoms with Crippen LogP contribution in [0.3, 0.4) is 0 Å². The number of hydrogen-bond acceptors (Lipinski definition) is 3. The van der Waals surface area contributed by atoms with Crippen molar-refractivity contribution in [3.63, 3.8) is 0 Å².